The highest BCUT2D eigenvalue weighted by molar-refractivity contribution is 9.10. The average molecular weight is 331 g/mol. The molecule has 0 aliphatic rings. The van der Waals surface area contributed by atoms with E-state index in [2.05, 4.69) is 27.0 Å². The molecule has 0 N–H and O–H groups in total. The second kappa shape index (κ2) is 5.00. The van der Waals surface area contributed by atoms with Gasteiger partial charge >= 0.3 is 0 Å². The van der Waals surface area contributed by atoms with Crippen LogP contribution < -0.4 is 5.56 Å². The van der Waals surface area contributed by atoms with Crippen molar-refractivity contribution in [3.05, 3.63) is 48.2 Å². The van der Waals surface area contributed by atoms with Gasteiger partial charge in [-0.2, -0.15) is 5.26 Å². The first-order chi connectivity index (χ1) is 8.13. The normalized spacial score (nSPS) is 10.2. The van der Waals surface area contributed by atoms with E-state index in [-0.39, 0.29) is 17.4 Å². The first-order valence-corrected chi connectivity index (χ1v) is 6.56. The van der Waals surface area contributed by atoms with Gasteiger partial charge in [-0.05, 0) is 39.0 Å². The van der Waals surface area contributed by atoms with E-state index >= 15 is 0 Å². The monoisotopic (exact) mass is 329 g/mol. The van der Waals surface area contributed by atoms with Crippen molar-refractivity contribution in [2.24, 2.45) is 0 Å². The highest BCUT2D eigenvalue weighted by atomic mass is 79.9. The van der Waals surface area contributed by atoms with E-state index in [1.54, 1.807) is 11.4 Å². The molecule has 2 aromatic heterocycles. The summed E-state index contributed by atoms with van der Waals surface area (Å²) >= 11 is 10.4. The van der Waals surface area contributed by atoms with E-state index in [0.717, 1.165) is 4.88 Å². The van der Waals surface area contributed by atoms with Crippen LogP contribution in [-0.4, -0.2) is 9.55 Å². The van der Waals surface area contributed by atoms with Crippen molar-refractivity contribution < 1.29 is 0 Å². The van der Waals surface area contributed by atoms with Crippen molar-refractivity contribution in [2.75, 3.05) is 0 Å². The van der Waals surface area contributed by atoms with Gasteiger partial charge in [-0.25, -0.2) is 4.98 Å². The molecule has 0 aromatic carbocycles. The van der Waals surface area contributed by atoms with Crippen LogP contribution in [0.3, 0.4) is 0 Å². The lowest BCUT2D eigenvalue weighted by Gasteiger charge is -2.06. The van der Waals surface area contributed by atoms with Crippen molar-refractivity contribution in [2.45, 2.75) is 6.54 Å². The van der Waals surface area contributed by atoms with Crippen molar-refractivity contribution in [3.63, 3.8) is 0 Å². The van der Waals surface area contributed by atoms with Gasteiger partial charge in [0, 0.05) is 4.88 Å². The van der Waals surface area contributed by atoms with Crippen LogP contribution in [0.4, 0.5) is 0 Å². The Kier molecular flexibility index (Phi) is 3.62. The van der Waals surface area contributed by atoms with Gasteiger partial charge < -0.3 is 0 Å². The number of aromatic nitrogens is 2. The molecule has 7 heteroatoms. The van der Waals surface area contributed by atoms with Crippen LogP contribution in [0.25, 0.3) is 0 Å². The lowest BCUT2D eigenvalue weighted by molar-refractivity contribution is 0.740. The molecule has 0 fully saturated rings. The first-order valence-electron chi connectivity index (χ1n) is 4.51. The van der Waals surface area contributed by atoms with Gasteiger partial charge in [0.05, 0.1) is 18.3 Å². The van der Waals surface area contributed by atoms with Gasteiger partial charge in [0.15, 0.2) is 0 Å². The topological polar surface area (TPSA) is 58.7 Å². The Hall–Kier alpha value is -1.16. The molecule has 0 unspecified atom stereocenters. The van der Waals surface area contributed by atoms with Crippen LogP contribution in [0, 0.1) is 11.3 Å². The molecule has 17 heavy (non-hydrogen) atoms. The number of nitriles is 1. The molecular weight excluding hydrogens is 326 g/mol. The second-order valence-electron chi connectivity index (χ2n) is 3.14. The van der Waals surface area contributed by atoms with E-state index in [1.165, 1.54) is 22.1 Å². The van der Waals surface area contributed by atoms with Gasteiger partial charge in [0.2, 0.25) is 5.28 Å². The molecule has 0 spiro atoms. The molecule has 4 nitrogen and oxygen atoms in total. The Bertz CT molecular complexity index is 658. The summed E-state index contributed by atoms with van der Waals surface area (Å²) < 4.78 is 1.66. The van der Waals surface area contributed by atoms with Crippen LogP contribution >= 0.6 is 38.9 Å². The molecule has 0 radical (unpaired) electrons. The van der Waals surface area contributed by atoms with Gasteiger partial charge in [0.25, 0.3) is 5.56 Å². The zero-order chi connectivity index (χ0) is 12.4. The fraction of sp³-hybridized carbons (Fsp3) is 0.100. The van der Waals surface area contributed by atoms with E-state index in [1.807, 2.05) is 0 Å². The summed E-state index contributed by atoms with van der Waals surface area (Å²) in [5.41, 5.74) is 0.292. The summed E-state index contributed by atoms with van der Waals surface area (Å²) in [5.74, 6) is 0. The van der Waals surface area contributed by atoms with Crippen molar-refractivity contribution >= 4 is 38.9 Å². The number of halogens is 2. The maximum atomic E-state index is 11.8. The highest BCUT2D eigenvalue weighted by Gasteiger charge is 2.10. The Morgan fingerprint density at radius 1 is 1.65 bits per heavy atom. The molecule has 0 atom stereocenters. The Morgan fingerprint density at radius 2 is 2.41 bits per heavy atom. The minimum atomic E-state index is -0.262. The minimum Gasteiger partial charge on any atom is -0.277 e. The highest BCUT2D eigenvalue weighted by Crippen LogP contribution is 2.18. The molecule has 0 saturated heterocycles. The lowest BCUT2D eigenvalue weighted by Crippen LogP contribution is -2.22. The Labute approximate surface area is 114 Å². The third-order valence-corrected chi connectivity index (χ3v) is 3.88. The maximum Gasteiger partial charge on any atom is 0.269 e. The maximum absolute atomic E-state index is 11.8. The summed E-state index contributed by atoms with van der Waals surface area (Å²) in [4.78, 5) is 16.5. The van der Waals surface area contributed by atoms with Crippen molar-refractivity contribution in [1.82, 2.24) is 9.55 Å². The predicted octanol–water partition coefficient (Wildman–Crippen LogP) is 2.64. The smallest absolute Gasteiger partial charge is 0.269 e. The quantitative estimate of drug-likeness (QED) is 0.795. The molecule has 2 rings (SSSR count). The summed E-state index contributed by atoms with van der Waals surface area (Å²) in [6, 6.07) is 3.78. The summed E-state index contributed by atoms with van der Waals surface area (Å²) in [7, 11) is 0. The van der Waals surface area contributed by atoms with E-state index < -0.39 is 0 Å². The zero-order valence-corrected chi connectivity index (χ0v) is 11.5. The lowest BCUT2D eigenvalue weighted by atomic mass is 10.3. The van der Waals surface area contributed by atoms with Crippen LogP contribution in [0.2, 0.25) is 5.28 Å². The average Bonchev–Trinajstić information content (AvgIpc) is 2.77. The summed E-state index contributed by atoms with van der Waals surface area (Å²) in [6.07, 6.45) is 1.36. The Morgan fingerprint density at radius 3 is 3.12 bits per heavy atom. The molecular formula is C10H5BrClN3OS. The third-order valence-electron chi connectivity index (χ3n) is 2.12. The largest absolute Gasteiger partial charge is 0.277 e. The van der Waals surface area contributed by atoms with Crippen LogP contribution in [-0.2, 0) is 6.54 Å². The van der Waals surface area contributed by atoms with Gasteiger partial charge in [0.1, 0.15) is 10.5 Å². The van der Waals surface area contributed by atoms with E-state index in [4.69, 9.17) is 16.9 Å². The second-order valence-corrected chi connectivity index (χ2v) is 5.33. The standard InChI is InChI=1S/C10H5BrClN3OS/c11-7-4-14-10(12)15(9(7)16)5-8-6(3-13)1-2-17-8/h1-2,4H,5H2. The van der Waals surface area contributed by atoms with Crippen LogP contribution in [0.15, 0.2) is 26.9 Å². The number of rotatable bonds is 2. The van der Waals surface area contributed by atoms with E-state index in [0.29, 0.717) is 10.0 Å². The predicted molar refractivity (Wildman–Crippen MR) is 69.3 cm³/mol. The summed E-state index contributed by atoms with van der Waals surface area (Å²) in [5, 5.41) is 10.8. The van der Waals surface area contributed by atoms with Gasteiger partial charge in [-0.15, -0.1) is 11.3 Å². The van der Waals surface area contributed by atoms with Gasteiger partial charge in [-0.1, -0.05) is 0 Å². The number of hydrogen-bond donors (Lipinski definition) is 0. The molecule has 0 aliphatic carbocycles. The number of thiophene rings is 1. The number of nitrogens with zero attached hydrogens (tertiary/aromatic N) is 3. The molecule has 2 aromatic rings. The van der Waals surface area contributed by atoms with Gasteiger partial charge in [-0.3, -0.25) is 9.36 Å². The number of hydrogen-bond acceptors (Lipinski definition) is 4. The summed E-state index contributed by atoms with van der Waals surface area (Å²) in [6.45, 7) is 0.255. The SMILES string of the molecule is N#Cc1ccsc1Cn1c(Cl)ncc(Br)c1=O. The molecule has 0 aliphatic heterocycles. The minimum absolute atomic E-state index is 0.107. The molecule has 86 valence electrons. The van der Waals surface area contributed by atoms with Crippen molar-refractivity contribution in [3.8, 4) is 6.07 Å². The fourth-order valence-corrected chi connectivity index (χ4v) is 2.61. The molecule has 0 saturated carbocycles. The fourth-order valence-electron chi connectivity index (χ4n) is 1.29. The van der Waals surface area contributed by atoms with E-state index in [9.17, 15) is 4.79 Å². The first kappa shape index (κ1) is 12.3. The molecule has 0 amide bonds. The molecule has 2 heterocycles. The Balaban J connectivity index is 2.48. The van der Waals surface area contributed by atoms with Crippen LogP contribution in [0.1, 0.15) is 10.4 Å². The third kappa shape index (κ3) is 2.41. The van der Waals surface area contributed by atoms with Crippen LogP contribution in [0.5, 0.6) is 0 Å². The molecule has 0 bridgehead atoms. The van der Waals surface area contributed by atoms with Crippen molar-refractivity contribution in [1.29, 1.82) is 5.26 Å². The zero-order valence-electron chi connectivity index (χ0n) is 8.35.